The van der Waals surface area contributed by atoms with Crippen LogP contribution in [0.5, 0.6) is 5.75 Å². The maximum atomic E-state index is 13.3. The Bertz CT molecular complexity index is 881. The van der Waals surface area contributed by atoms with E-state index in [0.717, 1.165) is 35.5 Å². The van der Waals surface area contributed by atoms with Crippen LogP contribution >= 0.6 is 0 Å². The molecule has 1 saturated carbocycles. The lowest BCUT2D eigenvalue weighted by atomic mass is 9.74. The van der Waals surface area contributed by atoms with Crippen LogP contribution in [0, 0.1) is 0 Å². The van der Waals surface area contributed by atoms with Crippen molar-refractivity contribution in [1.82, 2.24) is 20.4 Å². The predicted octanol–water partition coefficient (Wildman–Crippen LogP) is 2.19. The van der Waals surface area contributed by atoms with Crippen molar-refractivity contribution in [3.05, 3.63) is 29.8 Å². The predicted molar refractivity (Wildman–Crippen MR) is 122 cm³/mol. The summed E-state index contributed by atoms with van der Waals surface area (Å²) in [5.41, 5.74) is -0.243. The normalized spacial score (nSPS) is 19.3. The number of hydrogen-bond donors (Lipinski definition) is 2. The summed E-state index contributed by atoms with van der Waals surface area (Å²) in [5, 5.41) is 5.70. The van der Waals surface area contributed by atoms with Gasteiger partial charge < -0.3 is 20.3 Å². The zero-order valence-corrected chi connectivity index (χ0v) is 19.7. The average molecular weight is 459 g/mol. The second kappa shape index (κ2) is 10.7. The molecule has 0 aromatic heterocycles. The van der Waals surface area contributed by atoms with Crippen LogP contribution in [0.15, 0.2) is 24.3 Å². The van der Waals surface area contributed by atoms with Gasteiger partial charge in [0.15, 0.2) is 0 Å². The van der Waals surface area contributed by atoms with Gasteiger partial charge in [-0.15, -0.1) is 0 Å². The zero-order chi connectivity index (χ0) is 24.0. The van der Waals surface area contributed by atoms with Gasteiger partial charge in [-0.05, 0) is 50.3 Å². The highest BCUT2D eigenvalue weighted by Gasteiger charge is 2.60. The number of carbonyl (C=O) groups is 4. The number of benzene rings is 1. The Morgan fingerprint density at radius 1 is 1.12 bits per heavy atom. The number of carbonyl (C=O) groups excluding carboxylic acids is 4. The number of methoxy groups -OCH3 is 1. The molecule has 1 heterocycles. The molecular weight excluding hydrogens is 424 g/mol. The topological polar surface area (TPSA) is 108 Å². The summed E-state index contributed by atoms with van der Waals surface area (Å²) in [5.74, 6) is -0.342. The molecule has 3 rings (SSSR count). The van der Waals surface area contributed by atoms with E-state index in [1.165, 1.54) is 4.90 Å². The van der Waals surface area contributed by atoms with Gasteiger partial charge in [0.25, 0.3) is 5.91 Å². The highest BCUT2D eigenvalue weighted by molar-refractivity contribution is 6.10. The van der Waals surface area contributed by atoms with E-state index in [2.05, 4.69) is 10.6 Å². The molecule has 0 radical (unpaired) electrons. The third-order valence-electron chi connectivity index (χ3n) is 6.53. The van der Waals surface area contributed by atoms with Crippen LogP contribution in [-0.2, 0) is 20.9 Å². The molecule has 5 amide bonds. The molecule has 180 valence electrons. The summed E-state index contributed by atoms with van der Waals surface area (Å²) >= 11 is 0. The second-order valence-electron chi connectivity index (χ2n) is 8.58. The molecule has 2 fully saturated rings. The molecule has 1 aliphatic heterocycles. The fourth-order valence-electron chi connectivity index (χ4n) is 4.38. The quantitative estimate of drug-likeness (QED) is 0.390. The number of hydrogen-bond acceptors (Lipinski definition) is 5. The second-order valence-corrected chi connectivity index (χ2v) is 8.58. The van der Waals surface area contributed by atoms with Gasteiger partial charge in [0.2, 0.25) is 11.8 Å². The first-order chi connectivity index (χ1) is 15.9. The van der Waals surface area contributed by atoms with E-state index < -0.39 is 23.5 Å². The van der Waals surface area contributed by atoms with Crippen LogP contribution < -0.4 is 15.4 Å². The van der Waals surface area contributed by atoms with Crippen molar-refractivity contribution < 1.29 is 23.9 Å². The average Bonchev–Trinajstić information content (AvgIpc) is 3.01. The standard InChI is InChI=1S/C24H34N4O5/c1-4-6-14-25-22(31)24(12-7-13-24)28-21(30)19(27(5-2)23(28)32)15-20(29)26-16-17-8-10-18(33-3)11-9-17/h8-11,19H,4-7,12-16H2,1-3H3,(H,25,31)(H,26,29)/t19-/m1/s1. The SMILES string of the molecule is CCCCNC(=O)C1(N2C(=O)[C@@H](CC(=O)NCc3ccc(OC)cc3)N(CC)C2=O)CCC1. The first-order valence-electron chi connectivity index (χ1n) is 11.7. The first-order valence-corrected chi connectivity index (χ1v) is 11.7. The maximum absolute atomic E-state index is 13.3. The molecule has 2 aliphatic rings. The number of amides is 5. The smallest absolute Gasteiger partial charge is 0.328 e. The van der Waals surface area contributed by atoms with Crippen molar-refractivity contribution in [2.45, 2.75) is 70.5 Å². The van der Waals surface area contributed by atoms with Crippen LogP contribution in [0.2, 0.25) is 0 Å². The van der Waals surface area contributed by atoms with Gasteiger partial charge >= 0.3 is 6.03 Å². The van der Waals surface area contributed by atoms with Gasteiger partial charge in [-0.1, -0.05) is 25.5 Å². The van der Waals surface area contributed by atoms with E-state index in [1.54, 1.807) is 26.2 Å². The number of nitrogens with one attached hydrogen (secondary N) is 2. The Morgan fingerprint density at radius 2 is 1.82 bits per heavy atom. The van der Waals surface area contributed by atoms with E-state index in [4.69, 9.17) is 4.74 Å². The highest BCUT2D eigenvalue weighted by Crippen LogP contribution is 2.42. The van der Waals surface area contributed by atoms with Crippen molar-refractivity contribution in [1.29, 1.82) is 0 Å². The molecule has 9 heteroatoms. The number of nitrogens with zero attached hydrogens (tertiary/aromatic N) is 2. The van der Waals surface area contributed by atoms with E-state index in [9.17, 15) is 19.2 Å². The molecule has 1 saturated heterocycles. The summed E-state index contributed by atoms with van der Waals surface area (Å²) in [6, 6.07) is 5.92. The largest absolute Gasteiger partial charge is 0.497 e. The highest BCUT2D eigenvalue weighted by atomic mass is 16.5. The van der Waals surface area contributed by atoms with Crippen LogP contribution in [0.3, 0.4) is 0 Å². The molecule has 1 aromatic rings. The first kappa shape index (κ1) is 24.5. The molecule has 9 nitrogen and oxygen atoms in total. The number of ether oxygens (including phenoxy) is 1. The van der Waals surface area contributed by atoms with Gasteiger partial charge in [-0.25, -0.2) is 9.69 Å². The van der Waals surface area contributed by atoms with Crippen LogP contribution in [-0.4, -0.2) is 65.3 Å². The third kappa shape index (κ3) is 4.96. The summed E-state index contributed by atoms with van der Waals surface area (Å²) in [4.78, 5) is 54.6. The minimum absolute atomic E-state index is 0.140. The Balaban J connectivity index is 1.67. The fraction of sp³-hybridized carbons (Fsp3) is 0.583. The van der Waals surface area contributed by atoms with Crippen molar-refractivity contribution in [3.8, 4) is 5.75 Å². The minimum Gasteiger partial charge on any atom is -0.497 e. The van der Waals surface area contributed by atoms with Gasteiger partial charge in [0.1, 0.15) is 17.3 Å². The molecule has 0 unspecified atom stereocenters. The number of likely N-dealkylation sites (N-methyl/N-ethyl adjacent to an activating group) is 1. The fourth-order valence-corrected chi connectivity index (χ4v) is 4.38. The number of rotatable bonds is 11. The van der Waals surface area contributed by atoms with E-state index in [1.807, 2.05) is 19.1 Å². The maximum Gasteiger partial charge on any atom is 0.328 e. The Morgan fingerprint density at radius 3 is 2.36 bits per heavy atom. The summed E-state index contributed by atoms with van der Waals surface area (Å²) in [6.45, 7) is 4.90. The van der Waals surface area contributed by atoms with Crippen molar-refractivity contribution >= 4 is 23.8 Å². The monoisotopic (exact) mass is 458 g/mol. The lowest BCUT2D eigenvalue weighted by Gasteiger charge is -2.45. The molecule has 2 N–H and O–H groups in total. The number of urea groups is 1. The van der Waals surface area contributed by atoms with Gasteiger partial charge in [-0.2, -0.15) is 0 Å². The van der Waals surface area contributed by atoms with Crippen LogP contribution in [0.1, 0.15) is 57.9 Å². The van der Waals surface area contributed by atoms with E-state index in [0.29, 0.717) is 25.9 Å². The molecule has 1 aliphatic carbocycles. The van der Waals surface area contributed by atoms with Gasteiger partial charge in [0.05, 0.1) is 13.5 Å². The summed E-state index contributed by atoms with van der Waals surface area (Å²) in [7, 11) is 1.59. The minimum atomic E-state index is -1.14. The lowest BCUT2D eigenvalue weighted by molar-refractivity contribution is -0.148. The van der Waals surface area contributed by atoms with Crippen molar-refractivity contribution in [2.24, 2.45) is 0 Å². The summed E-state index contributed by atoms with van der Waals surface area (Å²) < 4.78 is 5.13. The molecule has 0 bridgehead atoms. The Hall–Kier alpha value is -3.10. The third-order valence-corrected chi connectivity index (χ3v) is 6.53. The van der Waals surface area contributed by atoms with Crippen molar-refractivity contribution in [3.63, 3.8) is 0 Å². The molecule has 1 atom stereocenters. The molecular formula is C24H34N4O5. The van der Waals surface area contributed by atoms with Crippen molar-refractivity contribution in [2.75, 3.05) is 20.2 Å². The Kier molecular flexibility index (Phi) is 7.94. The van der Waals surface area contributed by atoms with Gasteiger partial charge in [-0.3, -0.25) is 14.4 Å². The summed E-state index contributed by atoms with van der Waals surface area (Å²) in [6.07, 6.45) is 3.32. The van der Waals surface area contributed by atoms with E-state index in [-0.39, 0.29) is 24.8 Å². The molecule has 1 aromatic carbocycles. The van der Waals surface area contributed by atoms with E-state index >= 15 is 0 Å². The van der Waals surface area contributed by atoms with Crippen LogP contribution in [0.4, 0.5) is 4.79 Å². The van der Waals surface area contributed by atoms with Gasteiger partial charge in [0, 0.05) is 19.6 Å². The molecule has 33 heavy (non-hydrogen) atoms. The van der Waals surface area contributed by atoms with Crippen LogP contribution in [0.25, 0.3) is 0 Å². The Labute approximate surface area is 194 Å². The lowest BCUT2D eigenvalue weighted by Crippen LogP contribution is -2.65. The zero-order valence-electron chi connectivity index (χ0n) is 19.7. The molecule has 0 spiro atoms. The number of unbranched alkanes of at least 4 members (excludes halogenated alkanes) is 1. The number of imide groups is 1.